The van der Waals surface area contributed by atoms with Crippen LogP contribution < -0.4 is 5.32 Å². The largest absolute Gasteiger partial charge is 0.389 e. The molecule has 3 N–H and O–H groups in total. The highest BCUT2D eigenvalue weighted by Crippen LogP contribution is 2.27. The molecule has 0 spiro atoms. The molecule has 1 aromatic heterocycles. The number of aromatic nitrogens is 2. The fourth-order valence-electron chi connectivity index (χ4n) is 3.25. The van der Waals surface area contributed by atoms with Gasteiger partial charge in [0.1, 0.15) is 0 Å². The van der Waals surface area contributed by atoms with Gasteiger partial charge in [0.25, 0.3) is 0 Å². The molecule has 0 saturated heterocycles. The van der Waals surface area contributed by atoms with Crippen LogP contribution in [-0.2, 0) is 19.5 Å². The number of rotatable bonds is 5. The molecule has 1 aliphatic rings. The first kappa shape index (κ1) is 16.0. The van der Waals surface area contributed by atoms with Gasteiger partial charge in [-0.1, -0.05) is 12.1 Å². The number of benzene rings is 1. The Hall–Kier alpha value is -1.85. The number of anilines is 1. The number of fused-ring (bicyclic) bond motifs is 1. The summed E-state index contributed by atoms with van der Waals surface area (Å²) in [5.41, 5.74) is 5.62. The van der Waals surface area contributed by atoms with Crippen molar-refractivity contribution in [3.05, 3.63) is 46.8 Å². The van der Waals surface area contributed by atoms with Crippen molar-refractivity contribution in [3.8, 4) is 0 Å². The maximum absolute atomic E-state index is 10.0. The molecule has 2 aromatic rings. The molecule has 5 heteroatoms. The molecular weight excluding hydrogens is 288 g/mol. The van der Waals surface area contributed by atoms with Crippen LogP contribution in [0.2, 0.25) is 0 Å². The van der Waals surface area contributed by atoms with Crippen molar-refractivity contribution in [3.63, 3.8) is 0 Å². The molecule has 1 aliphatic heterocycles. The van der Waals surface area contributed by atoms with Crippen LogP contribution in [0.5, 0.6) is 0 Å². The summed E-state index contributed by atoms with van der Waals surface area (Å²) in [4.78, 5) is 2.32. The van der Waals surface area contributed by atoms with Crippen LogP contribution in [0.3, 0.4) is 0 Å². The van der Waals surface area contributed by atoms with E-state index in [-0.39, 0.29) is 0 Å². The van der Waals surface area contributed by atoms with Gasteiger partial charge in [-0.05, 0) is 49.9 Å². The minimum atomic E-state index is -0.647. The maximum atomic E-state index is 10.0. The maximum Gasteiger partial charge on any atom is 0.0718 e. The average Bonchev–Trinajstić information content (AvgIpc) is 2.88. The lowest BCUT2D eigenvalue weighted by Gasteiger charge is -2.34. The smallest absolute Gasteiger partial charge is 0.0718 e. The average molecular weight is 314 g/mol. The molecule has 0 unspecified atom stereocenters. The third kappa shape index (κ3) is 3.92. The van der Waals surface area contributed by atoms with E-state index in [0.717, 1.165) is 31.7 Å². The molecule has 124 valence electrons. The SMILES string of the molecule is Cc1cn[nH]c1CNc1cccc2c1CCN(CC(C)(C)O)C2. The predicted molar refractivity (Wildman–Crippen MR) is 92.4 cm³/mol. The molecule has 23 heavy (non-hydrogen) atoms. The van der Waals surface area contributed by atoms with Crippen LogP contribution in [-0.4, -0.2) is 38.9 Å². The summed E-state index contributed by atoms with van der Waals surface area (Å²) in [6.07, 6.45) is 2.86. The second-order valence-corrected chi connectivity index (χ2v) is 7.10. The summed E-state index contributed by atoms with van der Waals surface area (Å²) in [7, 11) is 0. The number of aliphatic hydroxyl groups is 1. The van der Waals surface area contributed by atoms with E-state index in [1.807, 2.05) is 20.0 Å². The van der Waals surface area contributed by atoms with Gasteiger partial charge in [-0.3, -0.25) is 10.00 Å². The van der Waals surface area contributed by atoms with E-state index in [1.165, 1.54) is 22.4 Å². The summed E-state index contributed by atoms with van der Waals surface area (Å²) >= 11 is 0. The lowest BCUT2D eigenvalue weighted by Crippen LogP contribution is -2.41. The molecule has 3 rings (SSSR count). The number of hydrogen-bond donors (Lipinski definition) is 3. The Balaban J connectivity index is 1.71. The Morgan fingerprint density at radius 3 is 2.91 bits per heavy atom. The highest BCUT2D eigenvalue weighted by molar-refractivity contribution is 5.55. The molecule has 0 atom stereocenters. The van der Waals surface area contributed by atoms with Gasteiger partial charge in [-0.15, -0.1) is 0 Å². The summed E-state index contributed by atoms with van der Waals surface area (Å²) in [5.74, 6) is 0. The summed E-state index contributed by atoms with van der Waals surface area (Å²) in [6.45, 7) is 9.15. The second-order valence-electron chi connectivity index (χ2n) is 7.10. The normalized spacial score (nSPS) is 15.5. The number of aryl methyl sites for hydroxylation is 1. The van der Waals surface area contributed by atoms with E-state index in [4.69, 9.17) is 0 Å². The quantitative estimate of drug-likeness (QED) is 0.793. The molecule has 1 aromatic carbocycles. The molecule has 0 fully saturated rings. The van der Waals surface area contributed by atoms with Crippen molar-refractivity contribution in [2.75, 3.05) is 18.4 Å². The van der Waals surface area contributed by atoms with Gasteiger partial charge in [-0.25, -0.2) is 0 Å². The summed E-state index contributed by atoms with van der Waals surface area (Å²) in [6, 6.07) is 6.45. The molecule has 0 bridgehead atoms. The van der Waals surface area contributed by atoms with Crippen LogP contribution >= 0.6 is 0 Å². The molecule has 0 radical (unpaired) electrons. The lowest BCUT2D eigenvalue weighted by atomic mass is 9.96. The van der Waals surface area contributed by atoms with Crippen molar-refractivity contribution in [1.82, 2.24) is 15.1 Å². The zero-order valence-corrected chi connectivity index (χ0v) is 14.2. The van der Waals surface area contributed by atoms with E-state index in [2.05, 4.69) is 45.5 Å². The Kier molecular flexibility index (Phi) is 4.41. The van der Waals surface area contributed by atoms with Gasteiger partial charge < -0.3 is 10.4 Å². The zero-order valence-electron chi connectivity index (χ0n) is 14.2. The highest BCUT2D eigenvalue weighted by Gasteiger charge is 2.23. The van der Waals surface area contributed by atoms with E-state index in [1.54, 1.807) is 0 Å². The van der Waals surface area contributed by atoms with E-state index >= 15 is 0 Å². The Labute approximate surface area is 137 Å². The molecule has 0 amide bonds. The second kappa shape index (κ2) is 6.34. The van der Waals surface area contributed by atoms with Crippen molar-refractivity contribution >= 4 is 5.69 Å². The van der Waals surface area contributed by atoms with E-state index < -0.39 is 5.60 Å². The molecule has 2 heterocycles. The third-order valence-electron chi connectivity index (χ3n) is 4.34. The van der Waals surface area contributed by atoms with Crippen molar-refractivity contribution in [2.45, 2.75) is 45.9 Å². The first-order chi connectivity index (χ1) is 10.9. The van der Waals surface area contributed by atoms with E-state index in [0.29, 0.717) is 6.54 Å². The van der Waals surface area contributed by atoms with E-state index in [9.17, 15) is 5.11 Å². The van der Waals surface area contributed by atoms with Gasteiger partial charge in [0.15, 0.2) is 0 Å². The first-order valence-electron chi connectivity index (χ1n) is 8.20. The fraction of sp³-hybridized carbons (Fsp3) is 0.500. The van der Waals surface area contributed by atoms with Crippen molar-refractivity contribution in [2.24, 2.45) is 0 Å². The third-order valence-corrected chi connectivity index (χ3v) is 4.34. The minimum Gasteiger partial charge on any atom is -0.389 e. The monoisotopic (exact) mass is 314 g/mol. The van der Waals surface area contributed by atoms with Gasteiger partial charge in [-0.2, -0.15) is 5.10 Å². The van der Waals surface area contributed by atoms with Gasteiger partial charge in [0.2, 0.25) is 0 Å². The highest BCUT2D eigenvalue weighted by atomic mass is 16.3. The van der Waals surface area contributed by atoms with Gasteiger partial charge in [0.05, 0.1) is 24.0 Å². The Bertz CT molecular complexity index is 672. The van der Waals surface area contributed by atoms with Crippen LogP contribution in [0.15, 0.2) is 24.4 Å². The zero-order chi connectivity index (χ0) is 16.4. The predicted octanol–water partition coefficient (Wildman–Crippen LogP) is 2.46. The number of hydrogen-bond acceptors (Lipinski definition) is 4. The van der Waals surface area contributed by atoms with Gasteiger partial charge in [0, 0.05) is 25.3 Å². The number of β-amino-alcohol motifs (C(OH)–C–C–N with tert-alkyl or cyclic N) is 1. The molecule has 0 aliphatic carbocycles. The lowest BCUT2D eigenvalue weighted by molar-refractivity contribution is 0.0318. The molecular formula is C18H26N4O. The van der Waals surface area contributed by atoms with Crippen LogP contribution in [0.1, 0.15) is 36.2 Å². The summed E-state index contributed by atoms with van der Waals surface area (Å²) < 4.78 is 0. The van der Waals surface area contributed by atoms with Crippen molar-refractivity contribution < 1.29 is 5.11 Å². The number of aromatic amines is 1. The van der Waals surface area contributed by atoms with Crippen LogP contribution in [0, 0.1) is 6.92 Å². The fourth-order valence-corrected chi connectivity index (χ4v) is 3.25. The van der Waals surface area contributed by atoms with Crippen LogP contribution in [0.25, 0.3) is 0 Å². The Morgan fingerprint density at radius 2 is 2.22 bits per heavy atom. The van der Waals surface area contributed by atoms with Crippen molar-refractivity contribution in [1.29, 1.82) is 0 Å². The number of nitrogens with zero attached hydrogens (tertiary/aromatic N) is 2. The first-order valence-corrected chi connectivity index (χ1v) is 8.20. The van der Waals surface area contributed by atoms with Crippen LogP contribution in [0.4, 0.5) is 5.69 Å². The Morgan fingerprint density at radius 1 is 1.39 bits per heavy atom. The standard InChI is InChI=1S/C18H26N4O/c1-13-9-20-21-17(13)10-19-16-6-4-5-14-11-22(8-7-15(14)16)12-18(2,3)23/h4-6,9,19,23H,7-8,10-12H2,1-3H3,(H,20,21). The topological polar surface area (TPSA) is 64.2 Å². The number of H-pyrrole nitrogens is 1. The molecule has 0 saturated carbocycles. The molecule has 5 nitrogen and oxygen atoms in total. The number of nitrogens with one attached hydrogen (secondary N) is 2. The minimum absolute atomic E-state index is 0.647. The van der Waals surface area contributed by atoms with Gasteiger partial charge >= 0.3 is 0 Å². The summed E-state index contributed by atoms with van der Waals surface area (Å²) in [5, 5.41) is 20.7.